The molecular formula is C37H32F6N4O6. The molecule has 278 valence electrons. The van der Waals surface area contributed by atoms with Gasteiger partial charge in [-0.15, -0.1) is 0 Å². The Labute approximate surface area is 298 Å². The molecule has 10 nitrogen and oxygen atoms in total. The second-order valence-corrected chi connectivity index (χ2v) is 13.2. The molecule has 2 saturated heterocycles. The minimum absolute atomic E-state index is 0.0431. The van der Waals surface area contributed by atoms with Crippen molar-refractivity contribution in [2.24, 2.45) is 0 Å². The summed E-state index contributed by atoms with van der Waals surface area (Å²) in [5.74, 6) is -0.310. The van der Waals surface area contributed by atoms with Gasteiger partial charge < -0.3 is 24.2 Å². The molecule has 7 rings (SSSR count). The number of morpholine rings is 1. The number of methoxy groups -OCH3 is 1. The monoisotopic (exact) mass is 742 g/mol. The number of rotatable bonds is 8. The van der Waals surface area contributed by atoms with Crippen molar-refractivity contribution in [3.63, 3.8) is 0 Å². The molecule has 0 unspecified atom stereocenters. The van der Waals surface area contributed by atoms with Gasteiger partial charge in [-0.2, -0.15) is 26.3 Å². The first-order valence-corrected chi connectivity index (χ1v) is 16.6. The van der Waals surface area contributed by atoms with Gasteiger partial charge in [0.15, 0.2) is 6.10 Å². The third kappa shape index (κ3) is 6.82. The third-order valence-corrected chi connectivity index (χ3v) is 9.87. The summed E-state index contributed by atoms with van der Waals surface area (Å²) in [7, 11) is 1.47. The first-order valence-electron chi connectivity index (χ1n) is 16.6. The van der Waals surface area contributed by atoms with Crippen LogP contribution >= 0.6 is 0 Å². The summed E-state index contributed by atoms with van der Waals surface area (Å²) in [5.41, 5.74) is -1.04. The van der Waals surface area contributed by atoms with E-state index in [9.17, 15) is 41.0 Å². The van der Waals surface area contributed by atoms with Crippen molar-refractivity contribution in [1.82, 2.24) is 14.9 Å². The molecule has 2 aliphatic heterocycles. The predicted octanol–water partition coefficient (Wildman–Crippen LogP) is 7.93. The molecule has 1 N–H and O–H groups in total. The molecule has 53 heavy (non-hydrogen) atoms. The molecule has 3 aliphatic rings. The second kappa shape index (κ2) is 13.2. The number of carbonyl (C=O) groups excluding carboxylic acids is 1. The van der Waals surface area contributed by atoms with E-state index in [0.717, 1.165) is 5.56 Å². The SMILES string of the molecule is COc1ccc(-c2ccc(C(=O)O)cc2C)cc1-c1cnc(N2CCOCC2)nc1CN1C(=O)O[C@H](c2cc(C(F)(F)F)cc(C(F)(F)F)c2)C12CC2. The highest BCUT2D eigenvalue weighted by atomic mass is 19.4. The van der Waals surface area contributed by atoms with E-state index < -0.39 is 52.7 Å². The summed E-state index contributed by atoms with van der Waals surface area (Å²) in [4.78, 5) is 37.9. The Kier molecular flexibility index (Phi) is 8.99. The number of halogens is 6. The number of hydrogen-bond donors (Lipinski definition) is 1. The largest absolute Gasteiger partial charge is 0.496 e. The average molecular weight is 743 g/mol. The van der Waals surface area contributed by atoms with Crippen LogP contribution in [0.5, 0.6) is 5.75 Å². The van der Waals surface area contributed by atoms with Crippen LogP contribution in [0.25, 0.3) is 22.3 Å². The molecule has 4 aromatic rings. The van der Waals surface area contributed by atoms with Crippen LogP contribution in [-0.4, -0.2) is 71.0 Å². The van der Waals surface area contributed by atoms with Crippen LogP contribution in [0.2, 0.25) is 0 Å². The number of aromatic nitrogens is 2. The Hall–Kier alpha value is -5.38. The third-order valence-electron chi connectivity index (χ3n) is 9.87. The molecule has 1 spiro atoms. The molecule has 1 saturated carbocycles. The van der Waals surface area contributed by atoms with E-state index in [-0.39, 0.29) is 31.0 Å². The van der Waals surface area contributed by atoms with Gasteiger partial charge in [-0.05, 0) is 84.5 Å². The first kappa shape index (κ1) is 36.0. The molecule has 0 radical (unpaired) electrons. The number of cyclic esters (lactones) is 1. The van der Waals surface area contributed by atoms with Gasteiger partial charge in [0.05, 0.1) is 54.8 Å². The Bertz CT molecular complexity index is 2060. The van der Waals surface area contributed by atoms with E-state index in [1.54, 1.807) is 37.4 Å². The van der Waals surface area contributed by atoms with Gasteiger partial charge in [-0.1, -0.05) is 12.1 Å². The number of aromatic carboxylic acids is 1. The average Bonchev–Trinajstić information content (AvgIpc) is 3.88. The van der Waals surface area contributed by atoms with Gasteiger partial charge >= 0.3 is 24.4 Å². The fraction of sp³-hybridized carbons (Fsp3) is 0.351. The van der Waals surface area contributed by atoms with Crippen molar-refractivity contribution in [2.75, 3.05) is 38.3 Å². The van der Waals surface area contributed by atoms with Crippen molar-refractivity contribution in [3.05, 3.63) is 94.3 Å². The molecule has 0 bridgehead atoms. The zero-order valence-corrected chi connectivity index (χ0v) is 28.3. The number of alkyl halides is 6. The Morgan fingerprint density at radius 1 is 0.943 bits per heavy atom. The number of carboxylic acid groups (broad SMARTS) is 1. The molecule has 3 fully saturated rings. The normalized spacial score (nSPS) is 18.3. The molecule has 3 heterocycles. The summed E-state index contributed by atoms with van der Waals surface area (Å²) in [6.45, 7) is 3.39. The lowest BCUT2D eigenvalue weighted by atomic mass is 9.93. The highest BCUT2D eigenvalue weighted by molar-refractivity contribution is 5.89. The summed E-state index contributed by atoms with van der Waals surface area (Å²) >= 11 is 0. The van der Waals surface area contributed by atoms with E-state index in [2.05, 4.69) is 4.98 Å². The number of aryl methyl sites for hydroxylation is 1. The van der Waals surface area contributed by atoms with E-state index >= 15 is 0 Å². The van der Waals surface area contributed by atoms with Crippen LogP contribution < -0.4 is 9.64 Å². The maximum Gasteiger partial charge on any atom is 0.416 e. The fourth-order valence-corrected chi connectivity index (χ4v) is 7.01. The summed E-state index contributed by atoms with van der Waals surface area (Å²) in [6.07, 6.45) is -10.4. The minimum atomic E-state index is -5.08. The zero-order chi connectivity index (χ0) is 37.9. The zero-order valence-electron chi connectivity index (χ0n) is 28.3. The van der Waals surface area contributed by atoms with Gasteiger partial charge in [0.25, 0.3) is 0 Å². The van der Waals surface area contributed by atoms with Gasteiger partial charge in [-0.3, -0.25) is 4.90 Å². The smallest absolute Gasteiger partial charge is 0.416 e. The standard InChI is InChI=1S/C37H32F6N4O6/c1-20-13-22(32(48)49)3-5-26(20)21-4-6-30(51-2)27(16-21)28-18-44-33(46-9-11-52-12-10-46)45-29(28)19-47-34(50)53-31(35(47)7-8-35)23-14-24(36(38,39)40)17-25(15-23)37(41,42)43/h3-6,13-18,31H,7-12,19H2,1-2H3,(H,48,49)/t31-/m1/s1. The lowest BCUT2D eigenvalue weighted by Crippen LogP contribution is -2.38. The van der Waals surface area contributed by atoms with Crippen LogP contribution in [0.4, 0.5) is 37.1 Å². The molecule has 1 aromatic heterocycles. The maximum atomic E-state index is 13.8. The van der Waals surface area contributed by atoms with Crippen LogP contribution in [0, 0.1) is 6.92 Å². The van der Waals surface area contributed by atoms with Gasteiger partial charge in [-0.25, -0.2) is 19.6 Å². The van der Waals surface area contributed by atoms with E-state index in [4.69, 9.17) is 19.2 Å². The van der Waals surface area contributed by atoms with Gasteiger partial charge in [0, 0.05) is 30.4 Å². The number of amides is 1. The van der Waals surface area contributed by atoms with Crippen LogP contribution in [0.1, 0.15) is 57.3 Å². The molecular weight excluding hydrogens is 710 g/mol. The number of ether oxygens (including phenoxy) is 3. The van der Waals surface area contributed by atoms with Crippen LogP contribution in [0.3, 0.4) is 0 Å². The Morgan fingerprint density at radius 3 is 2.21 bits per heavy atom. The molecule has 16 heteroatoms. The van der Waals surface area contributed by atoms with Crippen molar-refractivity contribution in [3.8, 4) is 28.0 Å². The quantitative estimate of drug-likeness (QED) is 0.180. The van der Waals surface area contributed by atoms with Crippen molar-refractivity contribution >= 4 is 18.0 Å². The number of nitrogens with zero attached hydrogens (tertiary/aromatic N) is 4. The minimum Gasteiger partial charge on any atom is -0.496 e. The highest BCUT2D eigenvalue weighted by Gasteiger charge is 2.64. The second-order valence-electron chi connectivity index (χ2n) is 13.2. The van der Waals surface area contributed by atoms with Gasteiger partial charge in [0.2, 0.25) is 5.95 Å². The van der Waals surface area contributed by atoms with Gasteiger partial charge in [0.1, 0.15) is 5.75 Å². The van der Waals surface area contributed by atoms with Crippen molar-refractivity contribution in [1.29, 1.82) is 0 Å². The highest BCUT2D eigenvalue weighted by Crippen LogP contribution is 2.58. The molecule has 1 amide bonds. The molecule has 1 aliphatic carbocycles. The summed E-state index contributed by atoms with van der Waals surface area (Å²) < 4.78 is 99.6. The van der Waals surface area contributed by atoms with Crippen molar-refractivity contribution < 1.29 is 55.2 Å². The first-order chi connectivity index (χ1) is 25.1. The lowest BCUT2D eigenvalue weighted by molar-refractivity contribution is -0.143. The topological polar surface area (TPSA) is 114 Å². The number of carboxylic acids is 1. The molecule has 3 aromatic carbocycles. The fourth-order valence-electron chi connectivity index (χ4n) is 7.01. The van der Waals surface area contributed by atoms with E-state index in [0.29, 0.717) is 78.1 Å². The Balaban J connectivity index is 1.31. The lowest BCUT2D eigenvalue weighted by Gasteiger charge is -2.29. The number of carbonyl (C=O) groups is 2. The van der Waals surface area contributed by atoms with E-state index in [1.165, 1.54) is 18.1 Å². The predicted molar refractivity (Wildman–Crippen MR) is 177 cm³/mol. The Morgan fingerprint density at radius 2 is 1.62 bits per heavy atom. The van der Waals surface area contributed by atoms with E-state index in [1.807, 2.05) is 11.0 Å². The number of hydrogen-bond acceptors (Lipinski definition) is 8. The summed E-state index contributed by atoms with van der Waals surface area (Å²) in [6, 6.07) is 11.3. The maximum absolute atomic E-state index is 13.8. The molecule has 1 atom stereocenters. The number of anilines is 1. The van der Waals surface area contributed by atoms with Crippen LogP contribution in [-0.2, 0) is 28.4 Å². The number of benzene rings is 3. The van der Waals surface area contributed by atoms with Crippen molar-refractivity contribution in [2.45, 2.75) is 50.3 Å². The summed E-state index contributed by atoms with van der Waals surface area (Å²) in [5, 5.41) is 9.46. The van der Waals surface area contributed by atoms with Crippen LogP contribution in [0.15, 0.2) is 60.8 Å².